The van der Waals surface area contributed by atoms with E-state index in [4.69, 9.17) is 17.0 Å². The van der Waals surface area contributed by atoms with Crippen molar-refractivity contribution < 1.29 is 4.74 Å². The molecule has 2 saturated carbocycles. The molecule has 0 amide bonds. The van der Waals surface area contributed by atoms with Gasteiger partial charge in [-0.25, -0.2) is 0 Å². The molecular weight excluding hydrogens is 336 g/mol. The molecular formula is C19H32N2OS2. The summed E-state index contributed by atoms with van der Waals surface area (Å²) in [5, 5.41) is 4.59. The van der Waals surface area contributed by atoms with Gasteiger partial charge in [-0.3, -0.25) is 0 Å². The molecule has 136 valence electrons. The van der Waals surface area contributed by atoms with Crippen LogP contribution >= 0.6 is 24.2 Å². The minimum atomic E-state index is 0.169. The number of hydrogen-bond donors (Lipinski definition) is 1. The third-order valence-electron chi connectivity index (χ3n) is 6.87. The molecule has 2 aliphatic heterocycles. The second-order valence-electron chi connectivity index (χ2n) is 8.81. The number of nitrogens with zero attached hydrogens (tertiary/aromatic N) is 1. The summed E-state index contributed by atoms with van der Waals surface area (Å²) >= 11 is 8.16. The fraction of sp³-hybridized carbons (Fsp3) is 0.947. The molecule has 2 saturated heterocycles. The number of thiocarbonyl (C=S) groups is 1. The molecule has 0 aromatic heterocycles. The van der Waals surface area contributed by atoms with E-state index in [-0.39, 0.29) is 5.54 Å². The first-order valence-electron chi connectivity index (χ1n) is 9.81. The van der Waals surface area contributed by atoms with Gasteiger partial charge in [0.25, 0.3) is 0 Å². The molecule has 0 spiro atoms. The summed E-state index contributed by atoms with van der Waals surface area (Å²) in [6.45, 7) is 4.79. The molecule has 3 nitrogen and oxygen atoms in total. The zero-order valence-electron chi connectivity index (χ0n) is 15.3. The van der Waals surface area contributed by atoms with E-state index in [9.17, 15) is 0 Å². The fourth-order valence-electron chi connectivity index (χ4n) is 5.65. The minimum absolute atomic E-state index is 0.169. The third-order valence-corrected chi connectivity index (χ3v) is 9.28. The van der Waals surface area contributed by atoms with Crippen molar-refractivity contribution in [3.05, 3.63) is 0 Å². The van der Waals surface area contributed by atoms with E-state index in [1.165, 1.54) is 49.9 Å². The molecule has 24 heavy (non-hydrogen) atoms. The highest BCUT2D eigenvalue weighted by Gasteiger charge is 2.56. The van der Waals surface area contributed by atoms with E-state index in [1.807, 2.05) is 7.11 Å². The van der Waals surface area contributed by atoms with Crippen molar-refractivity contribution in [2.75, 3.05) is 7.11 Å². The number of ether oxygens (including phenoxy) is 1. The SMILES string of the molecule is COC1CCCC(N2SC3C(C2=S)C2CCCCC2NC3(C)C)C1. The van der Waals surface area contributed by atoms with Gasteiger partial charge in [-0.15, -0.1) is 0 Å². The van der Waals surface area contributed by atoms with Gasteiger partial charge < -0.3 is 14.4 Å². The van der Waals surface area contributed by atoms with Crippen LogP contribution in [0.5, 0.6) is 0 Å². The fourth-order valence-corrected chi connectivity index (χ4v) is 7.95. The first-order chi connectivity index (χ1) is 11.5. The Morgan fingerprint density at radius 3 is 2.75 bits per heavy atom. The second-order valence-corrected chi connectivity index (χ2v) is 10.3. The van der Waals surface area contributed by atoms with E-state index in [0.29, 0.717) is 29.4 Å². The van der Waals surface area contributed by atoms with Gasteiger partial charge >= 0.3 is 0 Å². The summed E-state index contributed by atoms with van der Waals surface area (Å²) in [5.41, 5.74) is 0.169. The quantitative estimate of drug-likeness (QED) is 0.583. The molecule has 2 aliphatic carbocycles. The van der Waals surface area contributed by atoms with Crippen LogP contribution in [-0.2, 0) is 4.74 Å². The van der Waals surface area contributed by atoms with E-state index >= 15 is 0 Å². The van der Waals surface area contributed by atoms with Crippen LogP contribution in [0.1, 0.15) is 65.2 Å². The summed E-state index contributed by atoms with van der Waals surface area (Å²) < 4.78 is 8.22. The molecule has 4 rings (SSSR count). The number of nitrogens with one attached hydrogen (secondary N) is 1. The summed E-state index contributed by atoms with van der Waals surface area (Å²) in [7, 11) is 1.86. The monoisotopic (exact) mass is 368 g/mol. The van der Waals surface area contributed by atoms with Gasteiger partial charge in [-0.2, -0.15) is 0 Å². The standard InChI is InChI=1S/C19H32N2OS2/c1-19(2)17-16(14-9-4-5-10-15(14)20-19)18(23)21(24-17)12-7-6-8-13(11-12)22-3/h12-17,20H,4-11H2,1-3H3. The molecule has 0 radical (unpaired) electrons. The normalized spacial score (nSPS) is 45.0. The van der Waals surface area contributed by atoms with Crippen molar-refractivity contribution in [3.63, 3.8) is 0 Å². The van der Waals surface area contributed by atoms with Crippen LogP contribution < -0.4 is 5.32 Å². The van der Waals surface area contributed by atoms with E-state index in [0.717, 1.165) is 12.3 Å². The van der Waals surface area contributed by atoms with Gasteiger partial charge in [0, 0.05) is 30.7 Å². The first-order valence-corrected chi connectivity index (χ1v) is 11.1. The third kappa shape index (κ3) is 2.93. The number of rotatable bonds is 2. The van der Waals surface area contributed by atoms with Crippen molar-refractivity contribution in [1.29, 1.82) is 0 Å². The highest BCUT2D eigenvalue weighted by molar-refractivity contribution is 8.00. The zero-order chi connectivity index (χ0) is 16.9. The van der Waals surface area contributed by atoms with Crippen LogP contribution in [0.2, 0.25) is 0 Å². The van der Waals surface area contributed by atoms with Gasteiger partial charge in [-0.1, -0.05) is 25.1 Å². The second kappa shape index (κ2) is 6.71. The number of hydrogen-bond acceptors (Lipinski definition) is 4. The van der Waals surface area contributed by atoms with Crippen molar-refractivity contribution in [2.24, 2.45) is 11.8 Å². The first kappa shape index (κ1) is 17.6. The predicted molar refractivity (Wildman–Crippen MR) is 105 cm³/mol. The molecule has 0 bridgehead atoms. The van der Waals surface area contributed by atoms with Crippen LogP contribution in [0.3, 0.4) is 0 Å². The molecule has 0 aromatic carbocycles. The predicted octanol–water partition coefficient (Wildman–Crippen LogP) is 4.16. The molecule has 4 aliphatic rings. The van der Waals surface area contributed by atoms with Crippen LogP contribution in [0.25, 0.3) is 0 Å². The van der Waals surface area contributed by atoms with Gasteiger partial charge in [0.05, 0.1) is 16.3 Å². The molecule has 6 unspecified atom stereocenters. The summed E-state index contributed by atoms with van der Waals surface area (Å²) in [5.74, 6) is 1.35. The molecule has 0 aromatic rings. The van der Waals surface area contributed by atoms with Crippen LogP contribution in [0.15, 0.2) is 0 Å². The van der Waals surface area contributed by atoms with E-state index in [1.54, 1.807) is 0 Å². The van der Waals surface area contributed by atoms with Crippen LogP contribution in [0, 0.1) is 11.8 Å². The lowest BCUT2D eigenvalue weighted by Gasteiger charge is -2.50. The number of fused-ring (bicyclic) bond motifs is 3. The molecule has 6 atom stereocenters. The lowest BCUT2D eigenvalue weighted by atomic mass is 9.67. The Morgan fingerprint density at radius 2 is 1.96 bits per heavy atom. The summed E-state index contributed by atoms with van der Waals surface area (Å²) in [6, 6.07) is 1.25. The largest absolute Gasteiger partial charge is 0.381 e. The minimum Gasteiger partial charge on any atom is -0.381 e. The summed E-state index contributed by atoms with van der Waals surface area (Å²) in [6.07, 6.45) is 10.8. The van der Waals surface area contributed by atoms with E-state index < -0.39 is 0 Å². The maximum absolute atomic E-state index is 6.10. The topological polar surface area (TPSA) is 24.5 Å². The lowest BCUT2D eigenvalue weighted by molar-refractivity contribution is 0.0541. The van der Waals surface area contributed by atoms with Crippen molar-refractivity contribution >= 4 is 29.2 Å². The Morgan fingerprint density at radius 1 is 1.17 bits per heavy atom. The smallest absolute Gasteiger partial charge is 0.0928 e. The maximum atomic E-state index is 6.10. The average molecular weight is 369 g/mol. The average Bonchev–Trinajstić information content (AvgIpc) is 2.94. The maximum Gasteiger partial charge on any atom is 0.0928 e. The van der Waals surface area contributed by atoms with Crippen LogP contribution in [-0.4, -0.2) is 45.4 Å². The molecule has 4 fully saturated rings. The Bertz CT molecular complexity index is 498. The van der Waals surface area contributed by atoms with E-state index in [2.05, 4.69) is 35.4 Å². The number of piperidine rings is 1. The Balaban J connectivity index is 1.57. The highest BCUT2D eigenvalue weighted by atomic mass is 32.2. The number of methoxy groups -OCH3 is 1. The highest BCUT2D eigenvalue weighted by Crippen LogP contribution is 2.53. The Kier molecular flexibility index (Phi) is 4.91. The van der Waals surface area contributed by atoms with Gasteiger partial charge in [0.15, 0.2) is 0 Å². The van der Waals surface area contributed by atoms with Gasteiger partial charge in [0.1, 0.15) is 0 Å². The Labute approximate surface area is 156 Å². The Hall–Kier alpha value is 0.160. The zero-order valence-corrected chi connectivity index (χ0v) is 16.9. The van der Waals surface area contributed by atoms with Crippen molar-refractivity contribution in [1.82, 2.24) is 9.62 Å². The molecule has 5 heteroatoms. The molecule has 2 heterocycles. The van der Waals surface area contributed by atoms with Crippen LogP contribution in [0.4, 0.5) is 0 Å². The van der Waals surface area contributed by atoms with Crippen molar-refractivity contribution in [2.45, 2.75) is 94.2 Å². The van der Waals surface area contributed by atoms with Crippen molar-refractivity contribution in [3.8, 4) is 0 Å². The molecule has 1 N–H and O–H groups in total. The lowest BCUT2D eigenvalue weighted by Crippen LogP contribution is -2.64. The van der Waals surface area contributed by atoms with Gasteiger partial charge in [-0.05, 0) is 70.2 Å². The summed E-state index contributed by atoms with van der Waals surface area (Å²) in [4.78, 5) is 1.26. The van der Waals surface area contributed by atoms with Gasteiger partial charge in [0.2, 0.25) is 0 Å².